The van der Waals surface area contributed by atoms with Crippen LogP contribution in [0.5, 0.6) is 0 Å². The van der Waals surface area contributed by atoms with Gasteiger partial charge in [-0.15, -0.1) is 0 Å². The fraction of sp³-hybridized carbons (Fsp3) is 1.00. The maximum absolute atomic E-state index is 8.51. The Bertz CT molecular complexity index is 81.7. The van der Waals surface area contributed by atoms with E-state index in [0.717, 1.165) is 26.1 Å². The van der Waals surface area contributed by atoms with Gasteiger partial charge in [0.25, 0.3) is 0 Å². The van der Waals surface area contributed by atoms with Gasteiger partial charge in [0.2, 0.25) is 0 Å². The third-order valence-corrected chi connectivity index (χ3v) is 1.64. The van der Waals surface area contributed by atoms with Gasteiger partial charge in [-0.3, -0.25) is 4.84 Å². The van der Waals surface area contributed by atoms with Gasteiger partial charge >= 0.3 is 0 Å². The molecule has 10 heavy (non-hydrogen) atoms. The van der Waals surface area contributed by atoms with Gasteiger partial charge in [0.1, 0.15) is 0 Å². The van der Waals surface area contributed by atoms with E-state index in [4.69, 9.17) is 9.94 Å². The van der Waals surface area contributed by atoms with Crippen LogP contribution in [0.4, 0.5) is 0 Å². The number of nitrogens with zero attached hydrogens (tertiary/aromatic N) is 1. The Morgan fingerprint density at radius 2 is 2.30 bits per heavy atom. The third-order valence-electron chi connectivity index (χ3n) is 1.64. The van der Waals surface area contributed by atoms with Gasteiger partial charge in [0, 0.05) is 19.7 Å². The molecule has 0 unspecified atom stereocenters. The zero-order valence-electron chi connectivity index (χ0n) is 6.25. The molecule has 1 rings (SSSR count). The number of aliphatic hydroxyl groups is 1. The Balaban J connectivity index is 2.02. The number of aliphatic hydroxyl groups excluding tert-OH is 1. The Hall–Kier alpha value is -0.120. The lowest BCUT2D eigenvalue weighted by atomic mass is 10.3. The predicted molar refractivity (Wildman–Crippen MR) is 38.5 cm³/mol. The molecule has 3 nitrogen and oxygen atoms in total. The Labute approximate surface area is 61.5 Å². The van der Waals surface area contributed by atoms with Gasteiger partial charge in [-0.2, -0.15) is 5.06 Å². The summed E-state index contributed by atoms with van der Waals surface area (Å²) >= 11 is 0. The van der Waals surface area contributed by atoms with Crippen molar-refractivity contribution in [1.29, 1.82) is 0 Å². The lowest BCUT2D eigenvalue weighted by Gasteiger charge is -2.25. The van der Waals surface area contributed by atoms with Crippen molar-refractivity contribution in [2.75, 3.05) is 26.3 Å². The second kappa shape index (κ2) is 4.66. The fourth-order valence-corrected chi connectivity index (χ4v) is 1.07. The molecule has 0 aromatic rings. The molecule has 60 valence electrons. The van der Waals surface area contributed by atoms with Crippen molar-refractivity contribution in [2.45, 2.75) is 19.3 Å². The molecule has 1 aliphatic heterocycles. The highest BCUT2D eigenvalue weighted by molar-refractivity contribution is 4.52. The third kappa shape index (κ3) is 2.64. The first-order valence-corrected chi connectivity index (χ1v) is 3.92. The number of hydrogen-bond acceptors (Lipinski definition) is 3. The van der Waals surface area contributed by atoms with Gasteiger partial charge in [-0.25, -0.2) is 0 Å². The molecule has 0 aromatic carbocycles. The van der Waals surface area contributed by atoms with Crippen LogP contribution in [-0.2, 0) is 4.84 Å². The Morgan fingerprint density at radius 3 is 2.90 bits per heavy atom. The van der Waals surface area contributed by atoms with E-state index in [1.807, 2.05) is 5.06 Å². The van der Waals surface area contributed by atoms with Crippen LogP contribution in [0.25, 0.3) is 0 Å². The predicted octanol–water partition coefficient (Wildman–Crippen LogP) is 0.396. The maximum atomic E-state index is 8.51. The van der Waals surface area contributed by atoms with Gasteiger partial charge < -0.3 is 5.11 Å². The summed E-state index contributed by atoms with van der Waals surface area (Å²) < 4.78 is 0. The van der Waals surface area contributed by atoms with Crippen molar-refractivity contribution in [3.8, 4) is 0 Å². The normalized spacial score (nSPS) is 21.3. The van der Waals surface area contributed by atoms with Crippen LogP contribution >= 0.6 is 0 Å². The lowest BCUT2D eigenvalue weighted by Crippen LogP contribution is -2.31. The maximum Gasteiger partial charge on any atom is 0.0685 e. The minimum Gasteiger partial charge on any atom is -0.396 e. The van der Waals surface area contributed by atoms with Crippen LogP contribution in [0.15, 0.2) is 0 Å². The SMILES string of the molecule is OCCCN1CCCCO1. The van der Waals surface area contributed by atoms with Crippen LogP contribution in [0.2, 0.25) is 0 Å². The van der Waals surface area contributed by atoms with E-state index in [2.05, 4.69) is 0 Å². The summed E-state index contributed by atoms with van der Waals surface area (Å²) in [5, 5.41) is 10.5. The van der Waals surface area contributed by atoms with E-state index in [-0.39, 0.29) is 6.61 Å². The highest BCUT2D eigenvalue weighted by Crippen LogP contribution is 2.05. The molecule has 0 radical (unpaired) electrons. The smallest absolute Gasteiger partial charge is 0.0685 e. The fourth-order valence-electron chi connectivity index (χ4n) is 1.07. The van der Waals surface area contributed by atoms with E-state index >= 15 is 0 Å². The highest BCUT2D eigenvalue weighted by atomic mass is 16.7. The van der Waals surface area contributed by atoms with Crippen molar-refractivity contribution in [2.24, 2.45) is 0 Å². The topological polar surface area (TPSA) is 32.7 Å². The number of hydroxylamine groups is 2. The van der Waals surface area contributed by atoms with E-state index in [1.54, 1.807) is 0 Å². The van der Waals surface area contributed by atoms with Gasteiger partial charge in [0.15, 0.2) is 0 Å². The Kier molecular flexibility index (Phi) is 3.72. The second-order valence-corrected chi connectivity index (χ2v) is 2.55. The molecular formula is C7H15NO2. The molecule has 0 bridgehead atoms. The van der Waals surface area contributed by atoms with Crippen LogP contribution < -0.4 is 0 Å². The van der Waals surface area contributed by atoms with Gasteiger partial charge in [-0.05, 0) is 19.3 Å². The average Bonchev–Trinajstić information content (AvgIpc) is 2.03. The summed E-state index contributed by atoms with van der Waals surface area (Å²) in [5.74, 6) is 0. The van der Waals surface area contributed by atoms with Crippen LogP contribution in [0, 0.1) is 0 Å². The Morgan fingerprint density at radius 1 is 1.40 bits per heavy atom. The van der Waals surface area contributed by atoms with E-state index in [0.29, 0.717) is 0 Å². The summed E-state index contributed by atoms with van der Waals surface area (Å²) in [7, 11) is 0. The van der Waals surface area contributed by atoms with Crippen molar-refractivity contribution in [1.82, 2.24) is 5.06 Å². The summed E-state index contributed by atoms with van der Waals surface area (Å²) in [4.78, 5) is 5.30. The minimum absolute atomic E-state index is 0.264. The minimum atomic E-state index is 0.264. The first kappa shape index (κ1) is 7.98. The van der Waals surface area contributed by atoms with E-state index in [9.17, 15) is 0 Å². The molecule has 0 aliphatic carbocycles. The molecule has 1 aliphatic rings. The second-order valence-electron chi connectivity index (χ2n) is 2.55. The van der Waals surface area contributed by atoms with Crippen LogP contribution in [0.3, 0.4) is 0 Å². The molecule has 1 heterocycles. The van der Waals surface area contributed by atoms with Crippen molar-refractivity contribution >= 4 is 0 Å². The van der Waals surface area contributed by atoms with Crippen LogP contribution in [-0.4, -0.2) is 36.5 Å². The molecule has 3 heteroatoms. The summed E-state index contributed by atoms with van der Waals surface area (Å²) in [6.07, 6.45) is 3.22. The highest BCUT2D eigenvalue weighted by Gasteiger charge is 2.08. The van der Waals surface area contributed by atoms with Crippen molar-refractivity contribution < 1.29 is 9.94 Å². The first-order valence-electron chi connectivity index (χ1n) is 3.92. The van der Waals surface area contributed by atoms with E-state index in [1.165, 1.54) is 12.8 Å². The average molecular weight is 145 g/mol. The quantitative estimate of drug-likeness (QED) is 0.623. The molecule has 0 aromatic heterocycles. The standard InChI is InChI=1S/C7H15NO2/c9-6-3-5-8-4-1-2-7-10-8/h9H,1-7H2. The van der Waals surface area contributed by atoms with E-state index < -0.39 is 0 Å². The van der Waals surface area contributed by atoms with Gasteiger partial charge in [0.05, 0.1) is 6.61 Å². The van der Waals surface area contributed by atoms with Crippen LogP contribution in [0.1, 0.15) is 19.3 Å². The molecule has 0 atom stereocenters. The van der Waals surface area contributed by atoms with Gasteiger partial charge in [-0.1, -0.05) is 0 Å². The van der Waals surface area contributed by atoms with Crippen molar-refractivity contribution in [3.63, 3.8) is 0 Å². The molecule has 0 amide bonds. The molecular weight excluding hydrogens is 130 g/mol. The molecule has 0 saturated carbocycles. The first-order chi connectivity index (χ1) is 4.93. The number of rotatable bonds is 3. The summed E-state index contributed by atoms with van der Waals surface area (Å²) in [6, 6.07) is 0. The molecule has 1 saturated heterocycles. The lowest BCUT2D eigenvalue weighted by molar-refractivity contribution is -0.181. The summed E-state index contributed by atoms with van der Waals surface area (Å²) in [6.45, 7) is 3.02. The molecule has 1 fully saturated rings. The summed E-state index contributed by atoms with van der Waals surface area (Å²) in [5.41, 5.74) is 0. The molecule has 0 spiro atoms. The zero-order valence-corrected chi connectivity index (χ0v) is 6.25. The number of hydrogen-bond donors (Lipinski definition) is 1. The molecule has 1 N–H and O–H groups in total. The van der Waals surface area contributed by atoms with Crippen molar-refractivity contribution in [3.05, 3.63) is 0 Å². The zero-order chi connectivity index (χ0) is 7.23. The monoisotopic (exact) mass is 145 g/mol. The largest absolute Gasteiger partial charge is 0.396 e.